The molecule has 2 aromatic rings. The Kier molecular flexibility index (Phi) is 6.67. The van der Waals surface area contributed by atoms with Crippen LogP contribution in [0.25, 0.3) is 0 Å². The zero-order valence-corrected chi connectivity index (χ0v) is 17.3. The number of ether oxygens (including phenoxy) is 1. The highest BCUT2D eigenvalue weighted by atomic mass is 19.4. The highest BCUT2D eigenvalue weighted by Gasteiger charge is 2.32. The monoisotopic (exact) mass is 417 g/mol. The summed E-state index contributed by atoms with van der Waals surface area (Å²) >= 11 is 0. The maximum atomic E-state index is 12.7. The Hall–Kier alpha value is -2.01. The second kappa shape index (κ2) is 9.42. The molecule has 1 fully saturated rings. The van der Waals surface area contributed by atoms with Crippen LogP contribution in [0, 0.1) is 5.92 Å². The molecule has 30 heavy (non-hydrogen) atoms. The van der Waals surface area contributed by atoms with Crippen molar-refractivity contribution in [2.24, 2.45) is 5.92 Å². The number of hydrogen-bond acceptors (Lipinski definition) is 2. The highest BCUT2D eigenvalue weighted by molar-refractivity contribution is 5.30. The van der Waals surface area contributed by atoms with Crippen LogP contribution in [-0.2, 0) is 19.1 Å². The van der Waals surface area contributed by atoms with E-state index in [0.29, 0.717) is 18.4 Å². The molecule has 0 spiro atoms. The summed E-state index contributed by atoms with van der Waals surface area (Å²) in [7, 11) is 0. The molecular weight excluding hydrogens is 387 g/mol. The third kappa shape index (κ3) is 5.18. The largest absolute Gasteiger partial charge is 0.494 e. The lowest BCUT2D eigenvalue weighted by Gasteiger charge is -2.42. The average molecular weight is 418 g/mol. The van der Waals surface area contributed by atoms with E-state index in [1.807, 2.05) is 0 Å². The fourth-order valence-electron chi connectivity index (χ4n) is 5.03. The third-order valence-electron chi connectivity index (χ3n) is 6.62. The van der Waals surface area contributed by atoms with Crippen molar-refractivity contribution in [1.82, 2.24) is 4.90 Å². The minimum absolute atomic E-state index is 0.496. The minimum Gasteiger partial charge on any atom is -0.494 e. The number of benzene rings is 2. The maximum Gasteiger partial charge on any atom is 0.416 e. The lowest BCUT2D eigenvalue weighted by molar-refractivity contribution is -0.137. The number of rotatable bonds is 6. The smallest absolute Gasteiger partial charge is 0.416 e. The molecule has 1 heterocycles. The van der Waals surface area contributed by atoms with Gasteiger partial charge in [0.2, 0.25) is 0 Å². The van der Waals surface area contributed by atoms with Gasteiger partial charge >= 0.3 is 6.18 Å². The summed E-state index contributed by atoms with van der Waals surface area (Å²) in [6.45, 7) is 2.45. The van der Waals surface area contributed by atoms with Gasteiger partial charge in [-0.1, -0.05) is 43.5 Å². The molecule has 1 unspecified atom stereocenters. The Bertz CT molecular complexity index is 812. The summed E-state index contributed by atoms with van der Waals surface area (Å²) in [4.78, 5) is 2.62. The van der Waals surface area contributed by atoms with Crippen LogP contribution in [0.1, 0.15) is 55.2 Å². The van der Waals surface area contributed by atoms with E-state index in [9.17, 15) is 13.2 Å². The van der Waals surface area contributed by atoms with Crippen molar-refractivity contribution in [3.8, 4) is 5.75 Å². The first-order valence-electron chi connectivity index (χ1n) is 11.1. The summed E-state index contributed by atoms with van der Waals surface area (Å²) in [5.41, 5.74) is 2.27. The van der Waals surface area contributed by atoms with E-state index >= 15 is 0 Å². The van der Waals surface area contributed by atoms with Gasteiger partial charge in [-0.3, -0.25) is 4.90 Å². The number of hydrogen-bond donors (Lipinski definition) is 0. The molecule has 2 aromatic carbocycles. The van der Waals surface area contributed by atoms with Gasteiger partial charge in [-0.05, 0) is 67.0 Å². The molecule has 2 aliphatic rings. The van der Waals surface area contributed by atoms with Gasteiger partial charge < -0.3 is 4.74 Å². The molecule has 4 rings (SSSR count). The minimum atomic E-state index is -4.31. The van der Waals surface area contributed by atoms with Crippen LogP contribution in [0.5, 0.6) is 5.75 Å². The molecule has 2 nitrogen and oxygen atoms in total. The molecule has 1 aliphatic heterocycles. The predicted molar refractivity (Wildman–Crippen MR) is 112 cm³/mol. The van der Waals surface area contributed by atoms with E-state index in [-0.39, 0.29) is 0 Å². The van der Waals surface area contributed by atoms with Crippen molar-refractivity contribution in [2.75, 3.05) is 13.2 Å². The molecule has 0 aromatic heterocycles. The van der Waals surface area contributed by atoms with Gasteiger partial charge in [0.05, 0.1) is 12.2 Å². The van der Waals surface area contributed by atoms with Crippen molar-refractivity contribution in [1.29, 1.82) is 0 Å². The van der Waals surface area contributed by atoms with Gasteiger partial charge in [0.25, 0.3) is 0 Å². The van der Waals surface area contributed by atoms with Gasteiger partial charge in [0, 0.05) is 19.1 Å². The van der Waals surface area contributed by atoms with E-state index in [1.54, 1.807) is 0 Å². The van der Waals surface area contributed by atoms with Crippen LogP contribution in [0.4, 0.5) is 13.2 Å². The van der Waals surface area contributed by atoms with Crippen LogP contribution < -0.4 is 4.74 Å². The Labute approximate surface area is 177 Å². The van der Waals surface area contributed by atoms with Gasteiger partial charge in [0.15, 0.2) is 0 Å². The Morgan fingerprint density at radius 2 is 1.60 bits per heavy atom. The van der Waals surface area contributed by atoms with E-state index in [4.69, 9.17) is 4.74 Å². The van der Waals surface area contributed by atoms with Crippen molar-refractivity contribution in [2.45, 2.75) is 63.7 Å². The summed E-state index contributed by atoms with van der Waals surface area (Å²) in [5.74, 6) is 1.26. The average Bonchev–Trinajstić information content (AvgIpc) is 2.76. The van der Waals surface area contributed by atoms with E-state index in [0.717, 1.165) is 44.0 Å². The molecule has 5 heteroatoms. The number of halogens is 3. The SMILES string of the molecule is FC(F)(F)c1ccc(OCCCN2Cc3ccccc3CC2C2CCCCC2)cc1. The van der Waals surface area contributed by atoms with Crippen LogP contribution in [0.15, 0.2) is 48.5 Å². The zero-order chi connectivity index (χ0) is 21.0. The third-order valence-corrected chi connectivity index (χ3v) is 6.62. The fraction of sp³-hybridized carbons (Fsp3) is 0.520. The number of alkyl halides is 3. The van der Waals surface area contributed by atoms with Gasteiger partial charge in [-0.15, -0.1) is 0 Å². The van der Waals surface area contributed by atoms with E-state index < -0.39 is 11.7 Å². The molecule has 0 radical (unpaired) electrons. The fourth-order valence-corrected chi connectivity index (χ4v) is 5.03. The van der Waals surface area contributed by atoms with E-state index in [2.05, 4.69) is 29.2 Å². The van der Waals surface area contributed by atoms with E-state index in [1.165, 1.54) is 55.4 Å². The van der Waals surface area contributed by atoms with Crippen LogP contribution in [0.3, 0.4) is 0 Å². The van der Waals surface area contributed by atoms with Crippen molar-refractivity contribution in [3.63, 3.8) is 0 Å². The zero-order valence-electron chi connectivity index (χ0n) is 17.3. The van der Waals surface area contributed by atoms with Crippen LogP contribution >= 0.6 is 0 Å². The normalized spacial score (nSPS) is 20.7. The summed E-state index contributed by atoms with van der Waals surface area (Å²) in [6, 6.07) is 14.3. The van der Waals surface area contributed by atoms with Crippen molar-refractivity contribution >= 4 is 0 Å². The van der Waals surface area contributed by atoms with Crippen molar-refractivity contribution in [3.05, 3.63) is 65.2 Å². The molecular formula is C25H30F3NO. The Morgan fingerprint density at radius 3 is 2.30 bits per heavy atom. The number of nitrogens with zero attached hydrogens (tertiary/aromatic N) is 1. The van der Waals surface area contributed by atoms with Gasteiger partial charge in [0.1, 0.15) is 5.75 Å². The molecule has 1 saturated carbocycles. The molecule has 0 bridgehead atoms. The first-order valence-corrected chi connectivity index (χ1v) is 11.1. The van der Waals surface area contributed by atoms with Crippen LogP contribution in [-0.4, -0.2) is 24.1 Å². The summed E-state index contributed by atoms with van der Waals surface area (Å²) < 4.78 is 43.8. The molecule has 0 amide bonds. The molecule has 162 valence electrons. The standard InChI is InChI=1S/C25H30F3NO/c26-25(27,28)22-11-13-23(14-12-22)30-16-6-15-29-18-21-10-5-4-9-20(21)17-24(29)19-7-2-1-3-8-19/h4-5,9-14,19,24H,1-3,6-8,15-18H2. The summed E-state index contributed by atoms with van der Waals surface area (Å²) in [6.07, 6.45) is 4.38. The maximum absolute atomic E-state index is 12.7. The van der Waals surface area contributed by atoms with Crippen molar-refractivity contribution < 1.29 is 17.9 Å². The molecule has 0 saturated heterocycles. The topological polar surface area (TPSA) is 12.5 Å². The highest BCUT2D eigenvalue weighted by Crippen LogP contribution is 2.35. The molecule has 1 aliphatic carbocycles. The summed E-state index contributed by atoms with van der Waals surface area (Å²) in [5, 5.41) is 0. The lowest BCUT2D eigenvalue weighted by atomic mass is 9.78. The lowest BCUT2D eigenvalue weighted by Crippen LogP contribution is -2.46. The van der Waals surface area contributed by atoms with Gasteiger partial charge in [-0.2, -0.15) is 13.2 Å². The Morgan fingerprint density at radius 1 is 0.900 bits per heavy atom. The molecule has 1 atom stereocenters. The molecule has 0 N–H and O–H groups in total. The van der Waals surface area contributed by atoms with Gasteiger partial charge in [-0.25, -0.2) is 0 Å². The quantitative estimate of drug-likeness (QED) is 0.499. The predicted octanol–water partition coefficient (Wildman–Crippen LogP) is 6.48. The first-order chi connectivity index (χ1) is 14.5. The second-order valence-corrected chi connectivity index (χ2v) is 8.63. The van der Waals surface area contributed by atoms with Crippen LogP contribution in [0.2, 0.25) is 0 Å². The number of fused-ring (bicyclic) bond motifs is 1. The first kappa shape index (κ1) is 21.2. The second-order valence-electron chi connectivity index (χ2n) is 8.63. The Balaban J connectivity index is 1.33.